The van der Waals surface area contributed by atoms with Gasteiger partial charge in [-0.05, 0) is 36.4 Å². The fourth-order valence-corrected chi connectivity index (χ4v) is 2.83. The van der Waals surface area contributed by atoms with Gasteiger partial charge in [-0.1, -0.05) is 35.9 Å². The molecule has 2 aromatic carbocycles. The van der Waals surface area contributed by atoms with Gasteiger partial charge in [0.25, 0.3) is 11.8 Å². The van der Waals surface area contributed by atoms with Gasteiger partial charge < -0.3 is 4.74 Å². The van der Waals surface area contributed by atoms with E-state index in [-0.39, 0.29) is 34.0 Å². The number of carbonyl (C=O) groups excluding carboxylic acids is 3. The van der Waals surface area contributed by atoms with Crippen LogP contribution in [0.1, 0.15) is 31.1 Å². The van der Waals surface area contributed by atoms with Crippen LogP contribution in [0.2, 0.25) is 10.0 Å². The van der Waals surface area contributed by atoms with Crippen molar-refractivity contribution in [1.82, 2.24) is 0 Å². The molecule has 0 fully saturated rings. The Bertz CT molecular complexity index is 923. The lowest BCUT2D eigenvalue weighted by Gasteiger charge is -2.15. The number of fused-ring (bicyclic) bond motifs is 1. The number of nitrogens with zero attached hydrogens (tertiary/aromatic N) is 1. The maximum atomic E-state index is 12.7. The molecule has 0 radical (unpaired) electrons. The smallest absolute Gasteiger partial charge is 0.338 e. The third-order valence-electron chi connectivity index (χ3n) is 3.60. The fraction of sp³-hybridized carbons (Fsp3) is 0.0556. The summed E-state index contributed by atoms with van der Waals surface area (Å²) < 4.78 is 4.94. The van der Waals surface area contributed by atoms with E-state index >= 15 is 0 Å². The zero-order valence-electron chi connectivity index (χ0n) is 12.8. The second-order valence-electron chi connectivity index (χ2n) is 5.19. The molecule has 2 amide bonds. The molecule has 1 heterocycles. The highest BCUT2D eigenvalue weighted by Crippen LogP contribution is 2.35. The predicted octanol–water partition coefficient (Wildman–Crippen LogP) is 4.14. The standard InChI is InChI=1S/C18H11Cl2NO4/c1-2-7-25-18(24)10-3-5-12-13(8-10)17(23)21(16(12)22)15-9-11(19)4-6-14(15)20/h2-6,8-9H,1,7H2. The Morgan fingerprint density at radius 3 is 2.52 bits per heavy atom. The van der Waals surface area contributed by atoms with E-state index in [1.165, 1.54) is 36.4 Å². The number of halogens is 2. The normalized spacial score (nSPS) is 13.0. The van der Waals surface area contributed by atoms with Crippen LogP contribution in [-0.2, 0) is 4.74 Å². The Morgan fingerprint density at radius 2 is 1.80 bits per heavy atom. The van der Waals surface area contributed by atoms with Crippen molar-refractivity contribution in [3.63, 3.8) is 0 Å². The van der Waals surface area contributed by atoms with Gasteiger partial charge in [-0.3, -0.25) is 9.59 Å². The van der Waals surface area contributed by atoms with Crippen LogP contribution in [0.4, 0.5) is 5.69 Å². The molecular weight excluding hydrogens is 365 g/mol. The molecule has 0 bridgehead atoms. The largest absolute Gasteiger partial charge is 0.458 e. The fourth-order valence-electron chi connectivity index (χ4n) is 2.46. The number of amides is 2. The van der Waals surface area contributed by atoms with Crippen molar-refractivity contribution in [2.24, 2.45) is 0 Å². The van der Waals surface area contributed by atoms with Gasteiger partial charge in [0.15, 0.2) is 0 Å². The summed E-state index contributed by atoms with van der Waals surface area (Å²) in [6.07, 6.45) is 1.43. The lowest BCUT2D eigenvalue weighted by atomic mass is 10.1. The third kappa shape index (κ3) is 3.04. The van der Waals surface area contributed by atoms with E-state index in [0.29, 0.717) is 5.02 Å². The molecule has 0 saturated carbocycles. The van der Waals surface area contributed by atoms with Crippen molar-refractivity contribution in [2.75, 3.05) is 11.5 Å². The minimum absolute atomic E-state index is 0.0487. The number of rotatable bonds is 4. The van der Waals surface area contributed by atoms with Crippen LogP contribution in [0.15, 0.2) is 49.1 Å². The van der Waals surface area contributed by atoms with Crippen LogP contribution >= 0.6 is 23.2 Å². The Hall–Kier alpha value is -2.63. The first-order valence-corrected chi connectivity index (χ1v) is 7.95. The highest BCUT2D eigenvalue weighted by molar-refractivity contribution is 6.41. The summed E-state index contributed by atoms with van der Waals surface area (Å²) in [5.41, 5.74) is 0.646. The zero-order chi connectivity index (χ0) is 18.1. The van der Waals surface area contributed by atoms with Gasteiger partial charge in [0, 0.05) is 5.02 Å². The maximum Gasteiger partial charge on any atom is 0.338 e. The van der Waals surface area contributed by atoms with Crippen LogP contribution in [0.3, 0.4) is 0 Å². The Kier molecular flexibility index (Phi) is 4.61. The summed E-state index contributed by atoms with van der Waals surface area (Å²) in [6.45, 7) is 3.51. The van der Waals surface area contributed by atoms with Gasteiger partial charge in [0.05, 0.1) is 27.4 Å². The van der Waals surface area contributed by atoms with E-state index < -0.39 is 17.8 Å². The number of hydrogen-bond donors (Lipinski definition) is 0. The lowest BCUT2D eigenvalue weighted by Crippen LogP contribution is -2.29. The molecule has 1 aliphatic heterocycles. The molecule has 0 atom stereocenters. The molecule has 0 saturated heterocycles. The zero-order valence-corrected chi connectivity index (χ0v) is 14.3. The number of benzene rings is 2. The first-order chi connectivity index (χ1) is 11.9. The number of carbonyl (C=O) groups is 3. The molecule has 0 aromatic heterocycles. The molecule has 25 heavy (non-hydrogen) atoms. The summed E-state index contributed by atoms with van der Waals surface area (Å²) in [4.78, 5) is 38.2. The quantitative estimate of drug-likeness (QED) is 0.457. The number of imide groups is 1. The molecule has 0 N–H and O–H groups in total. The minimum atomic E-state index is -0.609. The van der Waals surface area contributed by atoms with Crippen molar-refractivity contribution in [2.45, 2.75) is 0 Å². The van der Waals surface area contributed by atoms with E-state index in [1.807, 2.05) is 0 Å². The highest BCUT2D eigenvalue weighted by atomic mass is 35.5. The van der Waals surface area contributed by atoms with Crippen LogP contribution in [-0.4, -0.2) is 24.4 Å². The Morgan fingerprint density at radius 1 is 1.08 bits per heavy atom. The monoisotopic (exact) mass is 375 g/mol. The highest BCUT2D eigenvalue weighted by Gasteiger charge is 2.38. The summed E-state index contributed by atoms with van der Waals surface area (Å²) in [5.74, 6) is -1.72. The van der Waals surface area contributed by atoms with Crippen molar-refractivity contribution >= 4 is 46.7 Å². The second kappa shape index (κ2) is 6.70. The number of ether oxygens (including phenoxy) is 1. The van der Waals surface area contributed by atoms with Gasteiger partial charge >= 0.3 is 5.97 Å². The van der Waals surface area contributed by atoms with Gasteiger partial charge in [-0.15, -0.1) is 0 Å². The number of hydrogen-bond acceptors (Lipinski definition) is 4. The van der Waals surface area contributed by atoms with Crippen LogP contribution in [0.5, 0.6) is 0 Å². The van der Waals surface area contributed by atoms with E-state index in [0.717, 1.165) is 4.90 Å². The lowest BCUT2D eigenvalue weighted by molar-refractivity contribution is 0.0549. The van der Waals surface area contributed by atoms with E-state index in [9.17, 15) is 14.4 Å². The molecule has 126 valence electrons. The van der Waals surface area contributed by atoms with Crippen molar-refractivity contribution in [1.29, 1.82) is 0 Å². The molecule has 1 aliphatic rings. The summed E-state index contributed by atoms with van der Waals surface area (Å²) in [5, 5.41) is 0.550. The van der Waals surface area contributed by atoms with E-state index in [4.69, 9.17) is 27.9 Å². The number of anilines is 1. The number of esters is 1. The molecule has 0 aliphatic carbocycles. The summed E-state index contributed by atoms with van der Waals surface area (Å²) >= 11 is 12.0. The van der Waals surface area contributed by atoms with E-state index in [1.54, 1.807) is 6.07 Å². The van der Waals surface area contributed by atoms with Gasteiger partial charge in [-0.2, -0.15) is 0 Å². The van der Waals surface area contributed by atoms with Crippen LogP contribution in [0, 0.1) is 0 Å². The molecule has 2 aromatic rings. The minimum Gasteiger partial charge on any atom is -0.458 e. The molecule has 7 heteroatoms. The van der Waals surface area contributed by atoms with Gasteiger partial charge in [0.2, 0.25) is 0 Å². The molecule has 5 nitrogen and oxygen atoms in total. The third-order valence-corrected chi connectivity index (χ3v) is 4.16. The maximum absolute atomic E-state index is 12.7. The van der Waals surface area contributed by atoms with Crippen LogP contribution < -0.4 is 4.90 Å². The molecule has 0 unspecified atom stereocenters. The van der Waals surface area contributed by atoms with Gasteiger partial charge in [0.1, 0.15) is 6.61 Å². The predicted molar refractivity (Wildman–Crippen MR) is 94.5 cm³/mol. The summed E-state index contributed by atoms with van der Waals surface area (Å²) in [7, 11) is 0. The molecule has 0 spiro atoms. The SMILES string of the molecule is C=CCOC(=O)c1ccc2c(c1)C(=O)N(c1cc(Cl)ccc1Cl)C2=O. The first kappa shape index (κ1) is 17.2. The van der Waals surface area contributed by atoms with Crippen LogP contribution in [0.25, 0.3) is 0 Å². The topological polar surface area (TPSA) is 63.7 Å². The average molecular weight is 376 g/mol. The Labute approximate surface area is 153 Å². The summed E-state index contributed by atoms with van der Waals surface area (Å²) in [6, 6.07) is 8.67. The van der Waals surface area contributed by atoms with Gasteiger partial charge in [-0.25, -0.2) is 9.69 Å². The van der Waals surface area contributed by atoms with Crippen molar-refractivity contribution in [3.8, 4) is 0 Å². The first-order valence-electron chi connectivity index (χ1n) is 7.20. The molecular formula is C18H11Cl2NO4. The average Bonchev–Trinajstić information content (AvgIpc) is 2.85. The Balaban J connectivity index is 2.01. The van der Waals surface area contributed by atoms with Crippen molar-refractivity contribution < 1.29 is 19.1 Å². The van der Waals surface area contributed by atoms with Crippen molar-refractivity contribution in [3.05, 3.63) is 75.8 Å². The van der Waals surface area contributed by atoms with E-state index in [2.05, 4.69) is 6.58 Å². The second-order valence-corrected chi connectivity index (χ2v) is 6.03. The molecule has 3 rings (SSSR count).